The SMILES string of the molecule is I.c1coc(CCNC(=NCC2CCOC2)N2CCN(c3cccs3)CC2)c1. The zero-order chi connectivity index (χ0) is 18.3. The Bertz CT molecular complexity index is 694. The minimum atomic E-state index is 0. The van der Waals surface area contributed by atoms with Crippen molar-refractivity contribution >= 4 is 46.3 Å². The molecular formula is C20H29IN4O2S. The van der Waals surface area contributed by atoms with Crippen LogP contribution in [0.15, 0.2) is 45.3 Å². The summed E-state index contributed by atoms with van der Waals surface area (Å²) in [6, 6.07) is 8.29. The second-order valence-electron chi connectivity index (χ2n) is 7.08. The van der Waals surface area contributed by atoms with E-state index in [1.54, 1.807) is 6.26 Å². The second-order valence-corrected chi connectivity index (χ2v) is 8.00. The first-order valence-corrected chi connectivity index (χ1v) is 10.7. The quantitative estimate of drug-likeness (QED) is 0.363. The molecule has 0 bridgehead atoms. The highest BCUT2D eigenvalue weighted by Crippen LogP contribution is 2.22. The topological polar surface area (TPSA) is 53.2 Å². The van der Waals surface area contributed by atoms with E-state index in [1.807, 2.05) is 23.5 Å². The third-order valence-electron chi connectivity index (χ3n) is 5.15. The molecule has 4 rings (SSSR count). The van der Waals surface area contributed by atoms with Gasteiger partial charge in [-0.2, -0.15) is 0 Å². The molecule has 4 heterocycles. The lowest BCUT2D eigenvalue weighted by atomic mass is 10.1. The molecule has 1 N–H and O–H groups in total. The largest absolute Gasteiger partial charge is 0.469 e. The monoisotopic (exact) mass is 516 g/mol. The molecule has 2 aliphatic heterocycles. The van der Waals surface area contributed by atoms with Gasteiger partial charge in [0.05, 0.1) is 17.9 Å². The van der Waals surface area contributed by atoms with Crippen LogP contribution in [0, 0.1) is 5.92 Å². The Labute approximate surface area is 188 Å². The molecule has 6 nitrogen and oxygen atoms in total. The van der Waals surface area contributed by atoms with Crippen molar-refractivity contribution in [2.24, 2.45) is 10.9 Å². The molecule has 2 fully saturated rings. The number of halogens is 1. The van der Waals surface area contributed by atoms with E-state index < -0.39 is 0 Å². The molecule has 0 spiro atoms. The van der Waals surface area contributed by atoms with Crippen molar-refractivity contribution in [1.29, 1.82) is 0 Å². The molecule has 0 saturated carbocycles. The maximum Gasteiger partial charge on any atom is 0.194 e. The number of anilines is 1. The van der Waals surface area contributed by atoms with Crippen LogP contribution in [-0.4, -0.2) is 63.3 Å². The van der Waals surface area contributed by atoms with Crippen molar-refractivity contribution in [3.05, 3.63) is 41.7 Å². The number of ether oxygens (including phenoxy) is 1. The Morgan fingerprint density at radius 3 is 2.79 bits per heavy atom. The van der Waals surface area contributed by atoms with Gasteiger partial charge in [0.25, 0.3) is 0 Å². The molecule has 2 aromatic rings. The average molecular weight is 516 g/mol. The lowest BCUT2D eigenvalue weighted by molar-refractivity contribution is 0.187. The van der Waals surface area contributed by atoms with Crippen LogP contribution >= 0.6 is 35.3 Å². The van der Waals surface area contributed by atoms with Crippen LogP contribution in [0.25, 0.3) is 0 Å². The summed E-state index contributed by atoms with van der Waals surface area (Å²) in [5.74, 6) is 2.59. The Morgan fingerprint density at radius 2 is 2.11 bits per heavy atom. The molecule has 2 aromatic heterocycles. The minimum Gasteiger partial charge on any atom is -0.469 e. The highest BCUT2D eigenvalue weighted by Gasteiger charge is 2.21. The first kappa shape index (κ1) is 21.4. The molecule has 0 radical (unpaired) electrons. The lowest BCUT2D eigenvalue weighted by Crippen LogP contribution is -2.52. The van der Waals surface area contributed by atoms with Gasteiger partial charge in [0.1, 0.15) is 5.76 Å². The van der Waals surface area contributed by atoms with Crippen LogP contribution in [0.2, 0.25) is 0 Å². The molecule has 2 saturated heterocycles. The fourth-order valence-electron chi connectivity index (χ4n) is 3.55. The number of aliphatic imine (C=N–C) groups is 1. The predicted molar refractivity (Wildman–Crippen MR) is 125 cm³/mol. The Morgan fingerprint density at radius 1 is 1.21 bits per heavy atom. The number of guanidine groups is 1. The molecule has 0 aromatic carbocycles. The molecule has 8 heteroatoms. The Hall–Kier alpha value is -1.26. The Kier molecular flexibility index (Phi) is 8.47. The first-order valence-electron chi connectivity index (χ1n) is 9.80. The maximum atomic E-state index is 5.50. The van der Waals surface area contributed by atoms with E-state index in [1.165, 1.54) is 5.00 Å². The average Bonchev–Trinajstić information content (AvgIpc) is 3.48. The van der Waals surface area contributed by atoms with Gasteiger partial charge in [-0.25, -0.2) is 0 Å². The van der Waals surface area contributed by atoms with Crippen LogP contribution in [0.5, 0.6) is 0 Å². The van der Waals surface area contributed by atoms with E-state index in [2.05, 4.69) is 32.6 Å². The molecule has 2 aliphatic rings. The summed E-state index contributed by atoms with van der Waals surface area (Å²) in [7, 11) is 0. The van der Waals surface area contributed by atoms with E-state index in [0.717, 1.165) is 77.0 Å². The number of furan rings is 1. The lowest BCUT2D eigenvalue weighted by Gasteiger charge is -2.37. The summed E-state index contributed by atoms with van der Waals surface area (Å²) in [6.45, 7) is 7.44. The van der Waals surface area contributed by atoms with Crippen molar-refractivity contribution in [2.75, 3.05) is 57.4 Å². The summed E-state index contributed by atoms with van der Waals surface area (Å²) in [4.78, 5) is 9.80. The number of nitrogens with one attached hydrogen (secondary N) is 1. The molecule has 0 amide bonds. The van der Waals surface area contributed by atoms with E-state index in [4.69, 9.17) is 14.1 Å². The number of nitrogens with zero attached hydrogens (tertiary/aromatic N) is 3. The van der Waals surface area contributed by atoms with Crippen LogP contribution in [0.1, 0.15) is 12.2 Å². The standard InChI is InChI=1S/C20H28N4O2S.HI/c1-3-18(26-12-1)5-7-21-20(22-15-17-6-13-25-16-17)24-10-8-23(9-11-24)19-4-2-14-27-19;/h1-4,12,14,17H,5-11,13,15-16H2,(H,21,22);1H. The first-order chi connectivity index (χ1) is 13.4. The van der Waals surface area contributed by atoms with Crippen LogP contribution < -0.4 is 10.2 Å². The smallest absolute Gasteiger partial charge is 0.194 e. The van der Waals surface area contributed by atoms with E-state index in [9.17, 15) is 0 Å². The summed E-state index contributed by atoms with van der Waals surface area (Å²) in [5, 5.41) is 7.07. The second kappa shape index (κ2) is 11.1. The normalized spacial score (nSPS) is 20.3. The van der Waals surface area contributed by atoms with Crippen molar-refractivity contribution in [1.82, 2.24) is 10.2 Å². The van der Waals surface area contributed by atoms with Crippen LogP contribution in [-0.2, 0) is 11.2 Å². The summed E-state index contributed by atoms with van der Waals surface area (Å²) in [5.41, 5.74) is 0. The number of thiophene rings is 1. The van der Waals surface area contributed by atoms with Gasteiger partial charge in [-0.05, 0) is 36.1 Å². The predicted octanol–water partition coefficient (Wildman–Crippen LogP) is 3.31. The molecule has 154 valence electrons. The fourth-order valence-corrected chi connectivity index (χ4v) is 4.34. The van der Waals surface area contributed by atoms with Gasteiger partial charge in [-0.1, -0.05) is 0 Å². The summed E-state index contributed by atoms with van der Waals surface area (Å²) in [6.07, 6.45) is 3.72. The van der Waals surface area contributed by atoms with Crippen molar-refractivity contribution in [3.63, 3.8) is 0 Å². The third kappa shape index (κ3) is 5.87. The summed E-state index contributed by atoms with van der Waals surface area (Å²) < 4.78 is 10.9. The highest BCUT2D eigenvalue weighted by atomic mass is 127. The van der Waals surface area contributed by atoms with Gasteiger partial charge in [-0.15, -0.1) is 35.3 Å². The van der Waals surface area contributed by atoms with Crippen LogP contribution in [0.4, 0.5) is 5.00 Å². The van der Waals surface area contributed by atoms with E-state index in [-0.39, 0.29) is 24.0 Å². The van der Waals surface area contributed by atoms with Gasteiger partial charge < -0.3 is 24.3 Å². The van der Waals surface area contributed by atoms with Gasteiger partial charge in [0, 0.05) is 58.2 Å². The number of piperazine rings is 1. The van der Waals surface area contributed by atoms with E-state index in [0.29, 0.717) is 5.92 Å². The minimum absolute atomic E-state index is 0. The van der Waals surface area contributed by atoms with Crippen molar-refractivity contribution in [3.8, 4) is 0 Å². The van der Waals surface area contributed by atoms with Crippen molar-refractivity contribution in [2.45, 2.75) is 12.8 Å². The highest BCUT2D eigenvalue weighted by molar-refractivity contribution is 14.0. The van der Waals surface area contributed by atoms with Gasteiger partial charge >= 0.3 is 0 Å². The zero-order valence-corrected chi connectivity index (χ0v) is 19.2. The molecular weight excluding hydrogens is 487 g/mol. The number of hydrogen-bond donors (Lipinski definition) is 1. The van der Waals surface area contributed by atoms with Gasteiger partial charge in [-0.3, -0.25) is 4.99 Å². The third-order valence-corrected chi connectivity index (χ3v) is 6.08. The van der Waals surface area contributed by atoms with Crippen molar-refractivity contribution < 1.29 is 9.15 Å². The number of rotatable bonds is 6. The number of hydrogen-bond acceptors (Lipinski definition) is 5. The molecule has 1 atom stereocenters. The van der Waals surface area contributed by atoms with Crippen LogP contribution in [0.3, 0.4) is 0 Å². The Balaban J connectivity index is 0.00000225. The molecule has 0 aliphatic carbocycles. The fraction of sp³-hybridized carbons (Fsp3) is 0.550. The van der Waals surface area contributed by atoms with E-state index >= 15 is 0 Å². The van der Waals surface area contributed by atoms with Gasteiger partial charge in [0.2, 0.25) is 0 Å². The summed E-state index contributed by atoms with van der Waals surface area (Å²) >= 11 is 1.82. The zero-order valence-electron chi connectivity index (χ0n) is 16.1. The maximum absolute atomic E-state index is 5.50. The molecule has 1 unspecified atom stereocenters. The molecule has 28 heavy (non-hydrogen) atoms. The van der Waals surface area contributed by atoms with Gasteiger partial charge in [0.15, 0.2) is 5.96 Å².